The molecule has 0 saturated carbocycles. The van der Waals surface area contributed by atoms with Crippen molar-refractivity contribution in [3.05, 3.63) is 0 Å². The topological polar surface area (TPSA) is 235 Å². The lowest BCUT2D eigenvalue weighted by atomic mass is 10.1. The quantitative estimate of drug-likeness (QED) is 0.0590. The van der Waals surface area contributed by atoms with Crippen LogP contribution in [0.25, 0.3) is 0 Å². The molecule has 0 spiro atoms. The number of hydrogen-bond acceptors (Lipinski definition) is 8. The molecular formula is C15H29N7O6S. The van der Waals surface area contributed by atoms with E-state index in [-0.39, 0.29) is 37.6 Å². The largest absolute Gasteiger partial charge is 0.480 e. The zero-order valence-corrected chi connectivity index (χ0v) is 16.9. The highest BCUT2D eigenvalue weighted by Gasteiger charge is 2.31. The second-order valence-corrected chi connectivity index (χ2v) is 6.45. The summed E-state index contributed by atoms with van der Waals surface area (Å²) in [6.45, 7) is 1.06. The molecule has 0 aromatic rings. The number of guanidine groups is 1. The van der Waals surface area contributed by atoms with Gasteiger partial charge in [0, 0.05) is 12.3 Å². The number of nitrogens with zero attached hydrogens (tertiary/aromatic N) is 1. The van der Waals surface area contributed by atoms with Gasteiger partial charge in [-0.2, -0.15) is 12.6 Å². The van der Waals surface area contributed by atoms with Crippen molar-refractivity contribution < 1.29 is 29.4 Å². The van der Waals surface area contributed by atoms with Gasteiger partial charge in [-0.1, -0.05) is 0 Å². The zero-order valence-electron chi connectivity index (χ0n) is 16.0. The zero-order chi connectivity index (χ0) is 22.6. The normalized spacial score (nSPS) is 14.6. The van der Waals surface area contributed by atoms with Crippen molar-refractivity contribution in [3.63, 3.8) is 0 Å². The summed E-state index contributed by atoms with van der Waals surface area (Å²) < 4.78 is 0. The highest BCUT2D eigenvalue weighted by atomic mass is 32.1. The Bertz CT molecular complexity index is 612. The molecule has 3 amide bonds. The molecule has 0 aliphatic rings. The Labute approximate surface area is 173 Å². The third-order valence-corrected chi connectivity index (χ3v) is 4.01. The molecule has 0 aliphatic carbocycles. The maximum Gasteiger partial charge on any atom is 0.326 e. The van der Waals surface area contributed by atoms with Crippen LogP contribution in [0.4, 0.5) is 0 Å². The van der Waals surface area contributed by atoms with E-state index in [4.69, 9.17) is 17.2 Å². The molecule has 0 bridgehead atoms. The van der Waals surface area contributed by atoms with Gasteiger partial charge in [-0.25, -0.2) is 4.79 Å². The number of hydrogen-bond donors (Lipinski definition) is 9. The van der Waals surface area contributed by atoms with Crippen molar-refractivity contribution in [1.82, 2.24) is 16.0 Å². The van der Waals surface area contributed by atoms with Crippen molar-refractivity contribution in [3.8, 4) is 0 Å². The number of carboxylic acid groups (broad SMARTS) is 1. The van der Waals surface area contributed by atoms with E-state index < -0.39 is 47.9 Å². The molecule has 0 fully saturated rings. The summed E-state index contributed by atoms with van der Waals surface area (Å²) in [6.07, 6.45) is -1.06. The van der Waals surface area contributed by atoms with Gasteiger partial charge in [0.25, 0.3) is 0 Å². The summed E-state index contributed by atoms with van der Waals surface area (Å²) in [4.78, 5) is 51.1. The van der Waals surface area contributed by atoms with Gasteiger partial charge in [-0.05, 0) is 19.8 Å². The number of carbonyl (C=O) groups excluding carboxylic acids is 3. The monoisotopic (exact) mass is 435 g/mol. The smallest absolute Gasteiger partial charge is 0.326 e. The molecule has 4 unspecified atom stereocenters. The summed E-state index contributed by atoms with van der Waals surface area (Å²) in [6, 6.07) is -3.84. The number of carbonyl (C=O) groups is 4. The lowest BCUT2D eigenvalue weighted by Gasteiger charge is -2.25. The summed E-state index contributed by atoms with van der Waals surface area (Å²) >= 11 is 3.95. The number of carboxylic acids is 1. The highest BCUT2D eigenvalue weighted by Crippen LogP contribution is 2.02. The van der Waals surface area contributed by atoms with Gasteiger partial charge in [0.1, 0.15) is 18.1 Å². The third-order valence-electron chi connectivity index (χ3n) is 3.64. The van der Waals surface area contributed by atoms with E-state index in [1.165, 1.54) is 6.92 Å². The van der Waals surface area contributed by atoms with Crippen LogP contribution in [0.1, 0.15) is 19.8 Å². The first-order valence-electron chi connectivity index (χ1n) is 8.70. The Morgan fingerprint density at radius 1 is 1.07 bits per heavy atom. The second-order valence-electron chi connectivity index (χ2n) is 6.08. The molecule has 166 valence electrons. The maximum atomic E-state index is 12.4. The number of rotatable bonds is 13. The molecule has 14 heteroatoms. The van der Waals surface area contributed by atoms with Crippen LogP contribution in [0.2, 0.25) is 0 Å². The van der Waals surface area contributed by atoms with Gasteiger partial charge in [0.2, 0.25) is 17.7 Å². The van der Waals surface area contributed by atoms with E-state index in [1.807, 2.05) is 0 Å². The van der Waals surface area contributed by atoms with E-state index in [0.29, 0.717) is 0 Å². The summed E-state index contributed by atoms with van der Waals surface area (Å²) in [7, 11) is 0. The first kappa shape index (κ1) is 26.4. The molecule has 0 rings (SSSR count). The highest BCUT2D eigenvalue weighted by molar-refractivity contribution is 7.80. The van der Waals surface area contributed by atoms with Gasteiger partial charge in [0.15, 0.2) is 5.96 Å². The Hall–Kier alpha value is -2.58. The Morgan fingerprint density at radius 2 is 1.69 bits per heavy atom. The minimum Gasteiger partial charge on any atom is -0.480 e. The van der Waals surface area contributed by atoms with Crippen LogP contribution in [0.3, 0.4) is 0 Å². The molecule has 11 N–H and O–H groups in total. The molecule has 13 nitrogen and oxygen atoms in total. The van der Waals surface area contributed by atoms with Crippen LogP contribution in [-0.2, 0) is 19.2 Å². The SMILES string of the molecule is CC(O)C(NC(=O)C(CS)NC(=O)CN)C(=O)NC(CCCN=C(N)N)C(=O)O. The Kier molecular flexibility index (Phi) is 12.4. The molecule has 29 heavy (non-hydrogen) atoms. The number of aliphatic hydroxyl groups excluding tert-OH is 1. The lowest BCUT2D eigenvalue weighted by molar-refractivity contribution is -0.143. The number of nitrogens with one attached hydrogen (secondary N) is 3. The minimum atomic E-state index is -1.46. The lowest BCUT2D eigenvalue weighted by Crippen LogP contribution is -2.59. The van der Waals surface area contributed by atoms with E-state index in [2.05, 4.69) is 33.6 Å². The van der Waals surface area contributed by atoms with E-state index in [9.17, 15) is 29.4 Å². The summed E-state index contributed by atoms with van der Waals surface area (Å²) in [5.41, 5.74) is 15.5. The number of thiol groups is 1. The van der Waals surface area contributed by atoms with E-state index in [0.717, 1.165) is 0 Å². The number of aliphatic imine (C=N–C) groups is 1. The van der Waals surface area contributed by atoms with Crippen molar-refractivity contribution in [2.45, 2.75) is 44.0 Å². The molecule has 0 radical (unpaired) electrons. The molecular weight excluding hydrogens is 406 g/mol. The van der Waals surface area contributed by atoms with Crippen LogP contribution in [0.5, 0.6) is 0 Å². The van der Waals surface area contributed by atoms with Crippen LogP contribution in [-0.4, -0.2) is 82.9 Å². The molecule has 0 saturated heterocycles. The fraction of sp³-hybridized carbons (Fsp3) is 0.667. The Morgan fingerprint density at radius 3 is 2.14 bits per heavy atom. The van der Waals surface area contributed by atoms with Gasteiger partial charge < -0.3 is 43.4 Å². The van der Waals surface area contributed by atoms with Crippen LogP contribution in [0, 0.1) is 0 Å². The Balaban J connectivity index is 5.04. The predicted octanol–water partition coefficient (Wildman–Crippen LogP) is -4.15. The van der Waals surface area contributed by atoms with Crippen molar-refractivity contribution in [2.24, 2.45) is 22.2 Å². The second kappa shape index (κ2) is 13.6. The maximum absolute atomic E-state index is 12.4. The number of aliphatic carboxylic acids is 1. The molecule has 0 aliphatic heterocycles. The van der Waals surface area contributed by atoms with Gasteiger partial charge in [-0.15, -0.1) is 0 Å². The van der Waals surface area contributed by atoms with Crippen molar-refractivity contribution >= 4 is 42.3 Å². The first-order valence-corrected chi connectivity index (χ1v) is 9.34. The number of amides is 3. The van der Waals surface area contributed by atoms with Crippen LogP contribution < -0.4 is 33.2 Å². The first-order chi connectivity index (χ1) is 13.5. The summed E-state index contributed by atoms with van der Waals surface area (Å²) in [5, 5.41) is 25.9. The third kappa shape index (κ3) is 10.5. The van der Waals surface area contributed by atoms with Gasteiger partial charge in [-0.3, -0.25) is 19.4 Å². The van der Waals surface area contributed by atoms with Gasteiger partial charge >= 0.3 is 5.97 Å². The molecule has 0 aromatic heterocycles. The van der Waals surface area contributed by atoms with Crippen molar-refractivity contribution in [1.29, 1.82) is 0 Å². The average molecular weight is 436 g/mol. The fourth-order valence-corrected chi connectivity index (χ4v) is 2.39. The molecule has 0 heterocycles. The van der Waals surface area contributed by atoms with E-state index >= 15 is 0 Å². The fourth-order valence-electron chi connectivity index (χ4n) is 2.13. The number of aliphatic hydroxyl groups is 1. The molecule has 0 aromatic carbocycles. The van der Waals surface area contributed by atoms with E-state index in [1.54, 1.807) is 0 Å². The van der Waals surface area contributed by atoms with Crippen LogP contribution >= 0.6 is 12.6 Å². The summed E-state index contributed by atoms with van der Waals surface area (Å²) in [5.74, 6) is -3.84. The molecule has 4 atom stereocenters. The average Bonchev–Trinajstić information content (AvgIpc) is 2.64. The van der Waals surface area contributed by atoms with Crippen LogP contribution in [0.15, 0.2) is 4.99 Å². The standard InChI is InChI=1S/C15H29N7O6S/c1-7(23)11(22-12(25)9(6-29)20-10(24)5-16)13(26)21-8(14(27)28)3-2-4-19-15(17)18/h7-9,11,23,29H,2-6,16H2,1H3,(H,20,24)(H,21,26)(H,22,25)(H,27,28)(H4,17,18,19). The van der Waals surface area contributed by atoms with Crippen molar-refractivity contribution in [2.75, 3.05) is 18.8 Å². The predicted molar refractivity (Wildman–Crippen MR) is 108 cm³/mol. The minimum absolute atomic E-state index is 0.0180. The van der Waals surface area contributed by atoms with Gasteiger partial charge in [0.05, 0.1) is 12.6 Å². The number of nitrogens with two attached hydrogens (primary N) is 3.